The maximum atomic E-state index is 13.9. The molecule has 1 N–H and O–H groups in total. The number of benzene rings is 2. The number of carbonyl (C=O) groups excluding carboxylic acids is 1. The van der Waals surface area contributed by atoms with Gasteiger partial charge in [-0.15, -0.1) is 11.8 Å². The lowest BCUT2D eigenvalue weighted by molar-refractivity contribution is 0.0907. The largest absolute Gasteiger partial charge is 0.451 e. The monoisotopic (exact) mass is 371 g/mol. The molecular weight excluding hydrogens is 356 g/mol. The predicted molar refractivity (Wildman–Crippen MR) is 96.1 cm³/mol. The molecule has 2 heterocycles. The van der Waals surface area contributed by atoms with Crippen LogP contribution in [0.1, 0.15) is 28.6 Å². The van der Waals surface area contributed by atoms with E-state index in [1.807, 2.05) is 6.07 Å². The minimum absolute atomic E-state index is 0.167. The molecule has 2 aromatic carbocycles. The molecule has 1 atom stereocenters. The maximum absolute atomic E-state index is 13.9. The van der Waals surface area contributed by atoms with E-state index in [0.717, 1.165) is 17.7 Å². The Hall–Kier alpha value is -2.60. The molecule has 0 saturated carbocycles. The first-order chi connectivity index (χ1) is 12.6. The smallest absolute Gasteiger partial charge is 0.287 e. The van der Waals surface area contributed by atoms with Crippen molar-refractivity contribution in [1.29, 1.82) is 0 Å². The highest BCUT2D eigenvalue weighted by molar-refractivity contribution is 7.99. The van der Waals surface area contributed by atoms with Crippen molar-refractivity contribution in [3.8, 4) is 11.3 Å². The first-order valence-electron chi connectivity index (χ1n) is 8.19. The Labute approximate surface area is 153 Å². The first kappa shape index (κ1) is 16.8. The lowest BCUT2D eigenvalue weighted by atomic mass is 10.0. The molecule has 132 valence electrons. The van der Waals surface area contributed by atoms with E-state index in [-0.39, 0.29) is 29.3 Å². The molecule has 0 bridgehead atoms. The third kappa shape index (κ3) is 3.24. The highest BCUT2D eigenvalue weighted by Crippen LogP contribution is 2.37. The summed E-state index contributed by atoms with van der Waals surface area (Å²) >= 11 is 1.46. The van der Waals surface area contributed by atoms with Crippen LogP contribution in [-0.2, 0) is 0 Å². The van der Waals surface area contributed by atoms with Crippen molar-refractivity contribution in [2.75, 3.05) is 5.75 Å². The fourth-order valence-electron chi connectivity index (χ4n) is 3.00. The maximum Gasteiger partial charge on any atom is 0.287 e. The summed E-state index contributed by atoms with van der Waals surface area (Å²) in [6.07, 6.45) is 0.721. The van der Waals surface area contributed by atoms with Gasteiger partial charge in [-0.1, -0.05) is 12.1 Å². The molecule has 3 nitrogen and oxygen atoms in total. The standard InChI is InChI=1S/C20H15F2NO2S/c21-13-6-4-12(5-7-13)17-8-9-18(25-17)20(24)23-16-10-11-26-19-14(16)2-1-3-15(19)22/h1-9,16H,10-11H2,(H,23,24). The Kier molecular flexibility index (Phi) is 4.51. The van der Waals surface area contributed by atoms with E-state index in [1.165, 1.54) is 30.0 Å². The Morgan fingerprint density at radius 2 is 1.88 bits per heavy atom. The Morgan fingerprint density at radius 3 is 2.69 bits per heavy atom. The van der Waals surface area contributed by atoms with Crippen LogP contribution >= 0.6 is 11.8 Å². The van der Waals surface area contributed by atoms with Gasteiger partial charge in [0.15, 0.2) is 5.76 Å². The van der Waals surface area contributed by atoms with Gasteiger partial charge < -0.3 is 9.73 Å². The molecule has 1 aliphatic heterocycles. The molecule has 0 saturated heterocycles. The summed E-state index contributed by atoms with van der Waals surface area (Å²) in [6, 6.07) is 13.8. The van der Waals surface area contributed by atoms with Crippen molar-refractivity contribution >= 4 is 17.7 Å². The molecule has 26 heavy (non-hydrogen) atoms. The van der Waals surface area contributed by atoms with Gasteiger partial charge in [-0.3, -0.25) is 4.79 Å². The van der Waals surface area contributed by atoms with Gasteiger partial charge in [0.25, 0.3) is 5.91 Å². The van der Waals surface area contributed by atoms with Crippen LogP contribution in [0.5, 0.6) is 0 Å². The average Bonchev–Trinajstić information content (AvgIpc) is 3.13. The van der Waals surface area contributed by atoms with Crippen LogP contribution in [-0.4, -0.2) is 11.7 Å². The van der Waals surface area contributed by atoms with Crippen LogP contribution in [0.25, 0.3) is 11.3 Å². The predicted octanol–water partition coefficient (Wildman–Crippen LogP) is 5.19. The van der Waals surface area contributed by atoms with E-state index < -0.39 is 0 Å². The van der Waals surface area contributed by atoms with Gasteiger partial charge in [-0.25, -0.2) is 8.78 Å². The molecule has 1 amide bonds. The SMILES string of the molecule is O=C(NC1CCSc2c(F)cccc21)c1ccc(-c2ccc(F)cc2)o1. The topological polar surface area (TPSA) is 42.2 Å². The number of hydrogen-bond donors (Lipinski definition) is 1. The average molecular weight is 371 g/mol. The Bertz CT molecular complexity index is 953. The molecular formula is C20H15F2NO2S. The molecule has 0 radical (unpaired) electrons. The second-order valence-corrected chi connectivity index (χ2v) is 7.10. The molecule has 1 aliphatic rings. The number of amides is 1. The summed E-state index contributed by atoms with van der Waals surface area (Å²) in [4.78, 5) is 13.1. The van der Waals surface area contributed by atoms with Gasteiger partial charge in [0.1, 0.15) is 17.4 Å². The molecule has 3 aromatic rings. The summed E-state index contributed by atoms with van der Waals surface area (Å²) < 4.78 is 32.6. The van der Waals surface area contributed by atoms with E-state index >= 15 is 0 Å². The van der Waals surface area contributed by atoms with Gasteiger partial charge in [-0.05, 0) is 54.4 Å². The summed E-state index contributed by atoms with van der Waals surface area (Å²) in [5, 5.41) is 2.92. The van der Waals surface area contributed by atoms with Gasteiger partial charge in [0.05, 0.1) is 6.04 Å². The third-order valence-corrected chi connectivity index (χ3v) is 5.45. The van der Waals surface area contributed by atoms with Crippen LogP contribution in [0.3, 0.4) is 0 Å². The number of rotatable bonds is 3. The summed E-state index contributed by atoms with van der Waals surface area (Å²) in [6.45, 7) is 0. The highest BCUT2D eigenvalue weighted by atomic mass is 32.2. The van der Waals surface area contributed by atoms with Crippen LogP contribution in [0.4, 0.5) is 8.78 Å². The zero-order valence-electron chi connectivity index (χ0n) is 13.7. The molecule has 4 rings (SSSR count). The Morgan fingerprint density at radius 1 is 1.08 bits per heavy atom. The molecule has 1 unspecified atom stereocenters. The fraction of sp³-hybridized carbons (Fsp3) is 0.150. The van der Waals surface area contributed by atoms with Crippen molar-refractivity contribution < 1.29 is 18.0 Å². The van der Waals surface area contributed by atoms with E-state index in [9.17, 15) is 13.6 Å². The second-order valence-electron chi connectivity index (χ2n) is 5.99. The number of thioether (sulfide) groups is 1. The number of fused-ring (bicyclic) bond motifs is 1. The van der Waals surface area contributed by atoms with Crippen LogP contribution in [0, 0.1) is 11.6 Å². The van der Waals surface area contributed by atoms with Crippen molar-refractivity contribution in [2.24, 2.45) is 0 Å². The molecule has 6 heteroatoms. The fourth-order valence-corrected chi connectivity index (χ4v) is 4.14. The number of carbonyl (C=O) groups is 1. The molecule has 0 spiro atoms. The van der Waals surface area contributed by atoms with Gasteiger partial charge in [0.2, 0.25) is 0 Å². The molecule has 1 aromatic heterocycles. The quantitative estimate of drug-likeness (QED) is 0.689. The molecule has 0 fully saturated rings. The third-order valence-electron chi connectivity index (χ3n) is 4.29. The van der Waals surface area contributed by atoms with E-state index in [1.54, 1.807) is 30.3 Å². The van der Waals surface area contributed by atoms with Crippen LogP contribution in [0.15, 0.2) is 63.9 Å². The summed E-state index contributed by atoms with van der Waals surface area (Å²) in [7, 11) is 0. The van der Waals surface area contributed by atoms with Crippen molar-refractivity contribution in [3.05, 3.63) is 77.6 Å². The minimum Gasteiger partial charge on any atom is -0.451 e. The number of halogens is 2. The van der Waals surface area contributed by atoms with E-state index in [4.69, 9.17) is 4.42 Å². The van der Waals surface area contributed by atoms with Crippen molar-refractivity contribution in [2.45, 2.75) is 17.4 Å². The minimum atomic E-state index is -0.356. The summed E-state index contributed by atoms with van der Waals surface area (Å²) in [5.41, 5.74) is 1.48. The number of furan rings is 1. The zero-order chi connectivity index (χ0) is 18.1. The Balaban J connectivity index is 1.53. The van der Waals surface area contributed by atoms with E-state index in [0.29, 0.717) is 16.2 Å². The lowest BCUT2D eigenvalue weighted by Gasteiger charge is -2.25. The van der Waals surface area contributed by atoms with Gasteiger partial charge in [0, 0.05) is 16.2 Å². The number of nitrogens with one attached hydrogen (secondary N) is 1. The number of hydrogen-bond acceptors (Lipinski definition) is 3. The van der Waals surface area contributed by atoms with Crippen molar-refractivity contribution in [1.82, 2.24) is 5.32 Å². The van der Waals surface area contributed by atoms with Crippen molar-refractivity contribution in [3.63, 3.8) is 0 Å². The van der Waals surface area contributed by atoms with Crippen LogP contribution in [0.2, 0.25) is 0 Å². The van der Waals surface area contributed by atoms with Gasteiger partial charge >= 0.3 is 0 Å². The van der Waals surface area contributed by atoms with E-state index in [2.05, 4.69) is 5.32 Å². The van der Waals surface area contributed by atoms with Gasteiger partial charge in [-0.2, -0.15) is 0 Å². The summed E-state index contributed by atoms with van der Waals surface area (Å²) in [5.74, 6) is 0.437. The highest BCUT2D eigenvalue weighted by Gasteiger charge is 2.25. The molecule has 0 aliphatic carbocycles. The normalized spacial score (nSPS) is 16.2. The second kappa shape index (κ2) is 6.96. The first-order valence-corrected chi connectivity index (χ1v) is 9.18. The lowest BCUT2D eigenvalue weighted by Crippen LogP contribution is -2.30. The van der Waals surface area contributed by atoms with Crippen LogP contribution < -0.4 is 5.32 Å². The zero-order valence-corrected chi connectivity index (χ0v) is 14.5.